The second-order valence-electron chi connectivity index (χ2n) is 4.48. The highest BCUT2D eigenvalue weighted by atomic mass is 16.5. The molecule has 1 aromatic heterocycles. The zero-order chi connectivity index (χ0) is 11.8. The van der Waals surface area contributed by atoms with Gasteiger partial charge in [-0.2, -0.15) is 0 Å². The van der Waals surface area contributed by atoms with E-state index in [2.05, 4.69) is 4.57 Å². The van der Waals surface area contributed by atoms with Crippen molar-refractivity contribution in [1.82, 2.24) is 4.57 Å². The van der Waals surface area contributed by atoms with Crippen LogP contribution in [0.1, 0.15) is 19.1 Å². The monoisotopic (exact) mass is 232 g/mol. The van der Waals surface area contributed by atoms with Gasteiger partial charge in [0.05, 0.1) is 18.2 Å². The predicted molar refractivity (Wildman–Crippen MR) is 66.6 cm³/mol. The van der Waals surface area contributed by atoms with Crippen molar-refractivity contribution in [2.75, 3.05) is 12.3 Å². The minimum Gasteiger partial charge on any atom is -0.398 e. The first-order valence-corrected chi connectivity index (χ1v) is 5.91. The molecule has 1 aliphatic heterocycles. The Balaban J connectivity index is 1.99. The average molecular weight is 232 g/mol. The molecule has 1 aliphatic rings. The smallest absolute Gasteiger partial charge is 0.134 e. The second kappa shape index (κ2) is 4.05. The first-order chi connectivity index (χ1) is 8.29. The van der Waals surface area contributed by atoms with E-state index in [0.29, 0.717) is 0 Å². The van der Waals surface area contributed by atoms with E-state index in [1.54, 1.807) is 0 Å². The quantitative estimate of drug-likeness (QED) is 0.777. The van der Waals surface area contributed by atoms with Gasteiger partial charge in [0.25, 0.3) is 0 Å². The summed E-state index contributed by atoms with van der Waals surface area (Å²) in [5.41, 5.74) is 7.81. The summed E-state index contributed by atoms with van der Waals surface area (Å²) in [5, 5.41) is 10.1. The summed E-state index contributed by atoms with van der Waals surface area (Å²) in [5.74, 6) is 0. The number of benzene rings is 1. The maximum absolute atomic E-state index is 9.08. The van der Waals surface area contributed by atoms with Crippen LogP contribution in [0.25, 0.3) is 10.9 Å². The van der Waals surface area contributed by atoms with Gasteiger partial charge in [-0.1, -0.05) is 6.07 Å². The molecule has 1 fully saturated rings. The Kier molecular flexibility index (Phi) is 2.53. The molecule has 0 amide bonds. The minimum atomic E-state index is -0.0292. The molecular formula is C13H16N2O2. The molecule has 17 heavy (non-hydrogen) atoms. The second-order valence-corrected chi connectivity index (χ2v) is 4.48. The number of ether oxygens (including phenoxy) is 1. The van der Waals surface area contributed by atoms with Crippen LogP contribution >= 0.6 is 0 Å². The standard InChI is InChI=1S/C13H16N2O2/c14-11-2-1-3-12-10(11)6-7-15(12)13-5-4-9(8-16)17-13/h1-3,6-7,9,13,16H,4-5,8,14H2/t9-,13+/m0/s1. The molecule has 2 heterocycles. The molecule has 3 rings (SSSR count). The van der Waals surface area contributed by atoms with Gasteiger partial charge in [-0.15, -0.1) is 0 Å². The molecule has 0 radical (unpaired) electrons. The summed E-state index contributed by atoms with van der Waals surface area (Å²) in [6.45, 7) is 0.0951. The molecule has 1 saturated heterocycles. The van der Waals surface area contributed by atoms with Crippen molar-refractivity contribution in [2.45, 2.75) is 25.2 Å². The molecule has 90 valence electrons. The van der Waals surface area contributed by atoms with Crippen molar-refractivity contribution < 1.29 is 9.84 Å². The van der Waals surface area contributed by atoms with E-state index in [9.17, 15) is 0 Å². The Labute approximate surface area is 99.6 Å². The van der Waals surface area contributed by atoms with E-state index in [0.717, 1.165) is 29.4 Å². The van der Waals surface area contributed by atoms with Crippen LogP contribution in [0, 0.1) is 0 Å². The lowest BCUT2D eigenvalue weighted by Crippen LogP contribution is -2.13. The average Bonchev–Trinajstić information content (AvgIpc) is 2.94. The van der Waals surface area contributed by atoms with E-state index < -0.39 is 0 Å². The molecule has 0 unspecified atom stereocenters. The summed E-state index contributed by atoms with van der Waals surface area (Å²) in [7, 11) is 0. The third-order valence-corrected chi connectivity index (χ3v) is 3.40. The highest BCUT2D eigenvalue weighted by Crippen LogP contribution is 2.32. The summed E-state index contributed by atoms with van der Waals surface area (Å²) < 4.78 is 7.87. The van der Waals surface area contributed by atoms with E-state index in [4.69, 9.17) is 15.6 Å². The van der Waals surface area contributed by atoms with Gasteiger partial charge in [-0.05, 0) is 31.0 Å². The SMILES string of the molecule is Nc1cccc2c1ccn2[C@H]1CC[C@@H](CO)O1. The predicted octanol–water partition coefficient (Wildman–Crippen LogP) is 1.89. The van der Waals surface area contributed by atoms with Crippen molar-refractivity contribution in [3.05, 3.63) is 30.5 Å². The van der Waals surface area contributed by atoms with Gasteiger partial charge in [0.2, 0.25) is 0 Å². The Morgan fingerprint density at radius 3 is 3.00 bits per heavy atom. The van der Waals surface area contributed by atoms with Gasteiger partial charge in [0.15, 0.2) is 0 Å². The lowest BCUT2D eigenvalue weighted by molar-refractivity contribution is -0.0202. The van der Waals surface area contributed by atoms with Crippen molar-refractivity contribution in [1.29, 1.82) is 0 Å². The molecule has 0 spiro atoms. The number of hydrogen-bond donors (Lipinski definition) is 2. The molecule has 1 aromatic carbocycles. The molecule has 2 aromatic rings. The zero-order valence-corrected chi connectivity index (χ0v) is 9.54. The first kappa shape index (κ1) is 10.6. The fourth-order valence-corrected chi connectivity index (χ4v) is 2.49. The van der Waals surface area contributed by atoms with E-state index >= 15 is 0 Å². The molecule has 4 heteroatoms. The Bertz CT molecular complexity index is 535. The molecule has 0 saturated carbocycles. The zero-order valence-electron chi connectivity index (χ0n) is 9.54. The number of aromatic nitrogens is 1. The number of hydrogen-bond acceptors (Lipinski definition) is 3. The number of nitrogens with zero attached hydrogens (tertiary/aromatic N) is 1. The molecular weight excluding hydrogens is 216 g/mol. The normalized spacial score (nSPS) is 24.5. The molecule has 2 atom stereocenters. The maximum Gasteiger partial charge on any atom is 0.134 e. The van der Waals surface area contributed by atoms with Crippen LogP contribution in [0.2, 0.25) is 0 Å². The van der Waals surface area contributed by atoms with Gasteiger partial charge >= 0.3 is 0 Å². The fraction of sp³-hybridized carbons (Fsp3) is 0.385. The lowest BCUT2D eigenvalue weighted by atomic mass is 10.2. The number of aliphatic hydroxyl groups is 1. The third-order valence-electron chi connectivity index (χ3n) is 3.40. The fourth-order valence-electron chi connectivity index (χ4n) is 2.49. The lowest BCUT2D eigenvalue weighted by Gasteiger charge is -2.15. The summed E-state index contributed by atoms with van der Waals surface area (Å²) in [6, 6.07) is 7.91. The summed E-state index contributed by atoms with van der Waals surface area (Å²) in [4.78, 5) is 0. The molecule has 0 aliphatic carbocycles. The highest BCUT2D eigenvalue weighted by Gasteiger charge is 2.26. The van der Waals surface area contributed by atoms with Crippen molar-refractivity contribution >= 4 is 16.6 Å². The van der Waals surface area contributed by atoms with Crippen LogP contribution in [0.3, 0.4) is 0 Å². The van der Waals surface area contributed by atoms with Crippen LogP contribution in [0.5, 0.6) is 0 Å². The van der Waals surface area contributed by atoms with E-state index in [1.807, 2.05) is 30.5 Å². The van der Waals surface area contributed by atoms with Gasteiger partial charge in [0, 0.05) is 17.3 Å². The van der Waals surface area contributed by atoms with Gasteiger partial charge < -0.3 is 20.1 Å². The number of fused-ring (bicyclic) bond motifs is 1. The number of rotatable bonds is 2. The molecule has 0 bridgehead atoms. The van der Waals surface area contributed by atoms with Gasteiger partial charge in [0.1, 0.15) is 6.23 Å². The van der Waals surface area contributed by atoms with E-state index in [1.165, 1.54) is 0 Å². The van der Waals surface area contributed by atoms with Gasteiger partial charge in [-0.3, -0.25) is 0 Å². The maximum atomic E-state index is 9.08. The first-order valence-electron chi connectivity index (χ1n) is 5.91. The Morgan fingerprint density at radius 1 is 1.35 bits per heavy atom. The molecule has 3 N–H and O–H groups in total. The van der Waals surface area contributed by atoms with Crippen molar-refractivity contribution in [3.63, 3.8) is 0 Å². The van der Waals surface area contributed by atoms with Crippen LogP contribution in [-0.2, 0) is 4.74 Å². The minimum absolute atomic E-state index is 0.0199. The number of nitrogen functional groups attached to an aromatic ring is 1. The van der Waals surface area contributed by atoms with Crippen molar-refractivity contribution in [3.8, 4) is 0 Å². The van der Waals surface area contributed by atoms with Crippen molar-refractivity contribution in [2.24, 2.45) is 0 Å². The molecule has 4 nitrogen and oxygen atoms in total. The third kappa shape index (κ3) is 1.69. The Hall–Kier alpha value is -1.52. The number of nitrogens with two attached hydrogens (primary N) is 1. The number of anilines is 1. The van der Waals surface area contributed by atoms with Crippen LogP contribution in [0.4, 0.5) is 5.69 Å². The van der Waals surface area contributed by atoms with Gasteiger partial charge in [-0.25, -0.2) is 0 Å². The van der Waals surface area contributed by atoms with Crippen LogP contribution in [0.15, 0.2) is 30.5 Å². The summed E-state index contributed by atoms with van der Waals surface area (Å²) >= 11 is 0. The summed E-state index contributed by atoms with van der Waals surface area (Å²) in [6.07, 6.45) is 3.84. The number of aliphatic hydroxyl groups excluding tert-OH is 1. The Morgan fingerprint density at radius 2 is 2.24 bits per heavy atom. The highest BCUT2D eigenvalue weighted by molar-refractivity contribution is 5.91. The largest absolute Gasteiger partial charge is 0.398 e. The van der Waals surface area contributed by atoms with E-state index in [-0.39, 0.29) is 18.9 Å². The van der Waals surface area contributed by atoms with Crippen LogP contribution < -0.4 is 5.73 Å². The topological polar surface area (TPSA) is 60.4 Å². The van der Waals surface area contributed by atoms with Crippen LogP contribution in [-0.4, -0.2) is 22.4 Å².